The van der Waals surface area contributed by atoms with E-state index in [1.54, 1.807) is 11.8 Å². The fraction of sp³-hybridized carbons (Fsp3) is 0.846. The molecule has 1 rings (SSSR count). The Bertz CT molecular complexity index is 286. The number of aliphatic hydroxyl groups excluding tert-OH is 1. The van der Waals surface area contributed by atoms with E-state index in [2.05, 4.69) is 12.2 Å². The Balaban J connectivity index is 2.34. The van der Waals surface area contributed by atoms with Gasteiger partial charge in [0.05, 0.1) is 0 Å². The Morgan fingerprint density at radius 3 is 2.61 bits per heavy atom. The van der Waals surface area contributed by atoms with Crippen molar-refractivity contribution in [2.75, 3.05) is 19.7 Å². The number of nitrogens with one attached hydrogen (secondary N) is 1. The van der Waals surface area contributed by atoms with Crippen LogP contribution in [0.5, 0.6) is 0 Å². The van der Waals surface area contributed by atoms with Crippen LogP contribution in [0, 0.1) is 11.8 Å². The van der Waals surface area contributed by atoms with Gasteiger partial charge in [-0.05, 0) is 37.5 Å². The summed E-state index contributed by atoms with van der Waals surface area (Å²) in [6.07, 6.45) is 3.22. The Hall–Kier alpha value is -1.10. The largest absolute Gasteiger partial charge is 0.469 e. The summed E-state index contributed by atoms with van der Waals surface area (Å²) in [6, 6.07) is -0.206. The van der Waals surface area contributed by atoms with Crippen LogP contribution in [-0.2, 0) is 0 Å². The van der Waals surface area contributed by atoms with Gasteiger partial charge in [-0.25, -0.2) is 0 Å². The molecular formula is C13H24N3O2-. The van der Waals surface area contributed by atoms with E-state index in [0.29, 0.717) is 18.3 Å². The molecule has 0 spiro atoms. The number of amidine groups is 1. The van der Waals surface area contributed by atoms with Crippen LogP contribution in [0.3, 0.4) is 0 Å². The average Bonchev–Trinajstić information content (AvgIpc) is 2.39. The number of carbonyl (C=O) groups is 1. The van der Waals surface area contributed by atoms with Gasteiger partial charge in [0, 0.05) is 19.7 Å². The maximum absolute atomic E-state index is 11.8. The van der Waals surface area contributed by atoms with Crippen LogP contribution in [0.4, 0.5) is 4.79 Å². The molecule has 1 aliphatic rings. The van der Waals surface area contributed by atoms with Gasteiger partial charge in [-0.1, -0.05) is 19.7 Å². The first-order valence-corrected chi connectivity index (χ1v) is 6.80. The Labute approximate surface area is 109 Å². The topological polar surface area (TPSA) is 74.9 Å². The number of rotatable bonds is 4. The molecular weight excluding hydrogens is 230 g/mol. The van der Waals surface area contributed by atoms with Crippen molar-refractivity contribution < 1.29 is 9.90 Å². The van der Waals surface area contributed by atoms with Crippen molar-refractivity contribution >= 4 is 11.9 Å². The van der Waals surface area contributed by atoms with E-state index in [-0.39, 0.29) is 18.5 Å². The fourth-order valence-electron chi connectivity index (χ4n) is 2.40. The van der Waals surface area contributed by atoms with Gasteiger partial charge < -0.3 is 20.7 Å². The molecule has 2 amide bonds. The number of likely N-dealkylation sites (tertiary alicyclic amines) is 1. The van der Waals surface area contributed by atoms with E-state index in [9.17, 15) is 10.2 Å². The van der Waals surface area contributed by atoms with Crippen molar-refractivity contribution in [3.05, 3.63) is 5.41 Å². The van der Waals surface area contributed by atoms with Crippen molar-refractivity contribution in [3.63, 3.8) is 0 Å². The minimum Gasteiger partial charge on any atom is -0.469 e. The third kappa shape index (κ3) is 4.29. The summed E-state index contributed by atoms with van der Waals surface area (Å²) in [4.78, 5) is 13.5. The second-order valence-electron chi connectivity index (χ2n) is 5.04. The molecule has 1 atom stereocenters. The summed E-state index contributed by atoms with van der Waals surface area (Å²) in [5.74, 6) is 1.12. The number of amides is 2. The maximum Gasteiger partial charge on any atom is 0.239 e. The summed E-state index contributed by atoms with van der Waals surface area (Å²) < 4.78 is 0. The van der Waals surface area contributed by atoms with E-state index in [0.717, 1.165) is 32.4 Å². The van der Waals surface area contributed by atoms with Crippen LogP contribution in [-0.4, -0.2) is 41.6 Å². The minimum atomic E-state index is -0.206. The molecule has 0 aromatic heterocycles. The molecule has 104 valence electrons. The molecule has 1 fully saturated rings. The normalized spacial score (nSPS) is 18.5. The van der Waals surface area contributed by atoms with E-state index in [4.69, 9.17) is 5.11 Å². The first-order valence-electron chi connectivity index (χ1n) is 6.80. The Kier molecular flexibility index (Phi) is 6.12. The molecule has 18 heavy (non-hydrogen) atoms. The second-order valence-corrected chi connectivity index (χ2v) is 5.04. The highest BCUT2D eigenvalue weighted by Crippen LogP contribution is 2.26. The smallest absolute Gasteiger partial charge is 0.239 e. The zero-order valence-electron chi connectivity index (χ0n) is 11.4. The van der Waals surface area contributed by atoms with Crippen molar-refractivity contribution in [1.82, 2.24) is 10.2 Å². The summed E-state index contributed by atoms with van der Waals surface area (Å²) in [5.41, 5.74) is 0. The molecule has 0 aromatic carbocycles. The molecule has 0 aromatic rings. The summed E-state index contributed by atoms with van der Waals surface area (Å²) in [6.45, 7) is 5.64. The zero-order chi connectivity index (χ0) is 13.5. The number of piperidine rings is 1. The van der Waals surface area contributed by atoms with Crippen molar-refractivity contribution in [2.45, 2.75) is 39.5 Å². The lowest BCUT2D eigenvalue weighted by molar-refractivity contribution is 0.144. The van der Waals surface area contributed by atoms with Gasteiger partial charge in [0.25, 0.3) is 0 Å². The first kappa shape index (κ1) is 15.0. The minimum absolute atomic E-state index is 0.0239. The van der Waals surface area contributed by atoms with Gasteiger partial charge in [-0.3, -0.25) is 4.79 Å². The third-order valence-corrected chi connectivity index (χ3v) is 3.80. The van der Waals surface area contributed by atoms with Crippen LogP contribution < -0.4 is 5.32 Å². The highest BCUT2D eigenvalue weighted by molar-refractivity contribution is 5.98. The van der Waals surface area contributed by atoms with E-state index in [1.165, 1.54) is 0 Å². The lowest BCUT2D eigenvalue weighted by atomic mass is 9.84. The zero-order valence-corrected chi connectivity index (χ0v) is 11.4. The molecule has 0 radical (unpaired) electrons. The van der Waals surface area contributed by atoms with Gasteiger partial charge in [-0.15, -0.1) is 0 Å². The third-order valence-electron chi connectivity index (χ3n) is 3.80. The first-order chi connectivity index (χ1) is 8.58. The van der Waals surface area contributed by atoms with Crippen LogP contribution >= 0.6 is 0 Å². The van der Waals surface area contributed by atoms with Gasteiger partial charge >= 0.3 is 0 Å². The molecule has 2 N–H and O–H groups in total. The van der Waals surface area contributed by atoms with Crippen molar-refractivity contribution in [3.8, 4) is 0 Å². The summed E-state index contributed by atoms with van der Waals surface area (Å²) in [7, 11) is 0. The molecule has 0 aliphatic carbocycles. The average molecular weight is 254 g/mol. The van der Waals surface area contributed by atoms with Crippen LogP contribution in [0.2, 0.25) is 0 Å². The fourth-order valence-corrected chi connectivity index (χ4v) is 2.40. The van der Waals surface area contributed by atoms with Gasteiger partial charge in [0.1, 0.15) is 0 Å². The van der Waals surface area contributed by atoms with Crippen molar-refractivity contribution in [2.24, 2.45) is 11.8 Å². The van der Waals surface area contributed by atoms with Crippen LogP contribution in [0.15, 0.2) is 0 Å². The van der Waals surface area contributed by atoms with Gasteiger partial charge in [-0.2, -0.15) is 0 Å². The molecule has 1 heterocycles. The monoisotopic (exact) mass is 254 g/mol. The number of hydrogen-bond donors (Lipinski definition) is 2. The van der Waals surface area contributed by atoms with E-state index < -0.39 is 0 Å². The predicted octanol–water partition coefficient (Wildman–Crippen LogP) is 1.80. The quantitative estimate of drug-likeness (QED) is 0.593. The number of urea groups is 1. The number of hydrogen-bond acceptors (Lipinski definition) is 2. The highest BCUT2D eigenvalue weighted by Gasteiger charge is 2.24. The van der Waals surface area contributed by atoms with Crippen molar-refractivity contribution in [1.29, 1.82) is 0 Å². The molecule has 5 heteroatoms. The second kappa shape index (κ2) is 7.36. The lowest BCUT2D eigenvalue weighted by Crippen LogP contribution is -2.46. The number of carbonyl (C=O) groups excluding carboxylic acids is 1. The Morgan fingerprint density at radius 2 is 2.11 bits per heavy atom. The van der Waals surface area contributed by atoms with Gasteiger partial charge in [0.2, 0.25) is 6.03 Å². The van der Waals surface area contributed by atoms with Crippen LogP contribution in [0.1, 0.15) is 39.5 Å². The molecule has 1 aliphatic heterocycles. The predicted molar refractivity (Wildman–Crippen MR) is 72.4 cm³/mol. The number of aliphatic hydroxyl groups is 1. The van der Waals surface area contributed by atoms with E-state index in [1.807, 2.05) is 0 Å². The molecule has 0 unspecified atom stereocenters. The summed E-state index contributed by atoms with van der Waals surface area (Å²) in [5, 5.41) is 20.7. The summed E-state index contributed by atoms with van der Waals surface area (Å²) >= 11 is 0. The Morgan fingerprint density at radius 1 is 1.50 bits per heavy atom. The molecule has 0 bridgehead atoms. The standard InChI is InChI=1S/C13H24N3O2/c1-3-12(14)15-13(18)16-7-4-11(5-8-16)10(2)6-9-17/h10-11,17H,3-9H2,1-2H3,(H-,14,15,18)/q-1/t10-/m1/s1. The highest BCUT2D eigenvalue weighted by atomic mass is 16.3. The van der Waals surface area contributed by atoms with Crippen LogP contribution in [0.25, 0.3) is 5.41 Å². The maximum atomic E-state index is 11.8. The molecule has 5 nitrogen and oxygen atoms in total. The lowest BCUT2D eigenvalue weighted by Gasteiger charge is -2.36. The molecule has 1 saturated heterocycles. The number of nitrogens with zero attached hydrogens (tertiary/aromatic N) is 2. The van der Waals surface area contributed by atoms with E-state index >= 15 is 0 Å². The molecule has 0 saturated carbocycles. The van der Waals surface area contributed by atoms with Gasteiger partial charge in [0.15, 0.2) is 0 Å². The SMILES string of the molecule is CCC(=[N-])NC(=O)N1CCC([C@H](C)CCO)CC1.